The number of carbonyl (C=O) groups excluding carboxylic acids is 2. The van der Waals surface area contributed by atoms with Crippen molar-refractivity contribution in [1.82, 2.24) is 20.0 Å². The van der Waals surface area contributed by atoms with E-state index in [1.165, 1.54) is 14.2 Å². The lowest BCUT2D eigenvalue weighted by atomic mass is 9.85. The van der Waals surface area contributed by atoms with Crippen molar-refractivity contribution in [3.63, 3.8) is 0 Å². The number of aliphatic imine (C=N–C) groups is 2. The standard InChI is InChI=1S/C28H28ClF3N6O3/c1-5-34-23-20(33-2)13-17(14-21(23)41-4)27(40)38-12-11-19(18(15-38)16-9-7-6-8-10-16)35-26(39)22-24(28(30,31)32)36-37(3)25(22)29/h5-10,13-14,18-19H,2,11-12,15H2,1,3-4H3,(H,35,39)/t18-,19-/m1/s1. The Kier molecular flexibility index (Phi) is 8.81. The molecule has 1 N–H and O–H groups in total. The number of likely N-dealkylation sites (tertiary alicyclic amines) is 1. The molecule has 4 rings (SSSR count). The van der Waals surface area contributed by atoms with Gasteiger partial charge in [0.05, 0.1) is 12.8 Å². The van der Waals surface area contributed by atoms with Gasteiger partial charge in [0.1, 0.15) is 22.2 Å². The molecule has 13 heteroatoms. The second kappa shape index (κ2) is 12.1. The smallest absolute Gasteiger partial charge is 0.436 e. The quantitative estimate of drug-likeness (QED) is 0.364. The van der Waals surface area contributed by atoms with Crippen LogP contribution in [0.25, 0.3) is 0 Å². The van der Waals surface area contributed by atoms with E-state index in [1.807, 2.05) is 30.3 Å². The van der Waals surface area contributed by atoms with E-state index in [-0.39, 0.29) is 25.4 Å². The van der Waals surface area contributed by atoms with Crippen molar-refractivity contribution in [2.75, 3.05) is 20.2 Å². The van der Waals surface area contributed by atoms with Crippen LogP contribution in [0.15, 0.2) is 52.4 Å². The van der Waals surface area contributed by atoms with Crippen molar-refractivity contribution in [2.24, 2.45) is 17.0 Å². The van der Waals surface area contributed by atoms with Gasteiger partial charge in [0.25, 0.3) is 11.8 Å². The summed E-state index contributed by atoms with van der Waals surface area (Å²) in [5, 5.41) is 5.72. The zero-order valence-corrected chi connectivity index (χ0v) is 23.3. The number of hydrogen-bond acceptors (Lipinski definition) is 6. The van der Waals surface area contributed by atoms with E-state index in [0.717, 1.165) is 10.2 Å². The van der Waals surface area contributed by atoms with Gasteiger partial charge in [0.15, 0.2) is 5.69 Å². The summed E-state index contributed by atoms with van der Waals surface area (Å²) in [6.45, 7) is 5.73. The number of alkyl halides is 3. The number of rotatable bonds is 7. The average Bonchev–Trinajstić information content (AvgIpc) is 3.27. The minimum Gasteiger partial charge on any atom is -0.494 e. The van der Waals surface area contributed by atoms with E-state index in [1.54, 1.807) is 30.2 Å². The van der Waals surface area contributed by atoms with Gasteiger partial charge < -0.3 is 15.0 Å². The first-order chi connectivity index (χ1) is 19.5. The first kappa shape index (κ1) is 29.8. The predicted molar refractivity (Wildman–Crippen MR) is 150 cm³/mol. The van der Waals surface area contributed by atoms with Crippen LogP contribution in [-0.2, 0) is 13.2 Å². The van der Waals surface area contributed by atoms with Gasteiger partial charge in [-0.15, -0.1) is 0 Å². The van der Waals surface area contributed by atoms with Crippen LogP contribution in [0.3, 0.4) is 0 Å². The lowest BCUT2D eigenvalue weighted by Gasteiger charge is -2.39. The summed E-state index contributed by atoms with van der Waals surface area (Å²) >= 11 is 6.05. The van der Waals surface area contributed by atoms with E-state index in [2.05, 4.69) is 27.1 Å². The number of ether oxygens (including phenoxy) is 1. The van der Waals surface area contributed by atoms with E-state index in [9.17, 15) is 22.8 Å². The van der Waals surface area contributed by atoms with Crippen molar-refractivity contribution >= 4 is 47.7 Å². The van der Waals surface area contributed by atoms with Crippen LogP contribution in [0, 0.1) is 0 Å². The molecule has 0 spiro atoms. The fourth-order valence-corrected chi connectivity index (χ4v) is 5.14. The number of benzene rings is 2. The third-order valence-corrected chi connectivity index (χ3v) is 7.30. The summed E-state index contributed by atoms with van der Waals surface area (Å²) in [6.07, 6.45) is -3.02. The van der Waals surface area contributed by atoms with Crippen LogP contribution in [0.1, 0.15) is 51.2 Å². The molecule has 0 bridgehead atoms. The molecule has 2 aromatic carbocycles. The highest BCUT2D eigenvalue weighted by Crippen LogP contribution is 2.40. The second-order valence-corrected chi connectivity index (χ2v) is 9.72. The number of piperidine rings is 1. The van der Waals surface area contributed by atoms with Crippen molar-refractivity contribution in [2.45, 2.75) is 31.5 Å². The Balaban J connectivity index is 1.64. The number of halogens is 4. The molecular weight excluding hydrogens is 561 g/mol. The molecule has 0 saturated carbocycles. The third-order valence-electron chi connectivity index (χ3n) is 6.87. The van der Waals surface area contributed by atoms with Crippen LogP contribution in [0.2, 0.25) is 5.15 Å². The van der Waals surface area contributed by atoms with Gasteiger partial charge in [0.2, 0.25) is 0 Å². The van der Waals surface area contributed by atoms with Crippen LogP contribution in [0.4, 0.5) is 24.5 Å². The molecule has 9 nitrogen and oxygen atoms in total. The second-order valence-electron chi connectivity index (χ2n) is 9.36. The monoisotopic (exact) mass is 588 g/mol. The number of aryl methyl sites for hydroxylation is 1. The topological polar surface area (TPSA) is 101 Å². The van der Waals surface area contributed by atoms with Gasteiger partial charge in [-0.3, -0.25) is 24.3 Å². The van der Waals surface area contributed by atoms with Gasteiger partial charge >= 0.3 is 6.18 Å². The van der Waals surface area contributed by atoms with Crippen LogP contribution >= 0.6 is 11.6 Å². The number of nitrogens with zero attached hydrogens (tertiary/aromatic N) is 5. The van der Waals surface area contributed by atoms with Gasteiger partial charge in [-0.05, 0) is 37.8 Å². The SMILES string of the molecule is C=Nc1cc(C(=O)N2CC[C@@H](NC(=O)c3c(C(F)(F)F)nn(C)c3Cl)[C@@H](c3ccccc3)C2)cc(OC)c1N=CC. The normalized spacial score (nSPS) is 17.5. The maximum Gasteiger partial charge on any atom is 0.436 e. The lowest BCUT2D eigenvalue weighted by Crippen LogP contribution is -2.51. The minimum absolute atomic E-state index is 0.189. The van der Waals surface area contributed by atoms with Crippen LogP contribution < -0.4 is 10.1 Å². The van der Waals surface area contributed by atoms with Gasteiger partial charge in [-0.1, -0.05) is 41.9 Å². The number of carbonyl (C=O) groups is 2. The molecule has 0 aliphatic carbocycles. The van der Waals surface area contributed by atoms with E-state index in [0.29, 0.717) is 22.7 Å². The first-order valence-corrected chi connectivity index (χ1v) is 13.0. The highest BCUT2D eigenvalue weighted by molar-refractivity contribution is 6.33. The molecule has 1 fully saturated rings. The highest BCUT2D eigenvalue weighted by Gasteiger charge is 2.42. The molecule has 2 atom stereocenters. The summed E-state index contributed by atoms with van der Waals surface area (Å²) in [7, 11) is 2.69. The molecule has 1 aliphatic rings. The molecule has 2 heterocycles. The van der Waals surface area contributed by atoms with Crippen molar-refractivity contribution in [1.29, 1.82) is 0 Å². The first-order valence-electron chi connectivity index (χ1n) is 12.6. The number of amides is 2. The molecule has 3 aromatic rings. The zero-order valence-electron chi connectivity index (χ0n) is 22.6. The van der Waals surface area contributed by atoms with Gasteiger partial charge in [0, 0.05) is 43.9 Å². The Morgan fingerprint density at radius 3 is 2.56 bits per heavy atom. The maximum absolute atomic E-state index is 13.7. The minimum atomic E-state index is -4.87. The number of methoxy groups -OCH3 is 1. The maximum atomic E-state index is 13.7. The fraction of sp³-hybridized carbons (Fsp3) is 0.321. The largest absolute Gasteiger partial charge is 0.494 e. The number of aromatic nitrogens is 2. The molecule has 0 radical (unpaired) electrons. The Morgan fingerprint density at radius 1 is 1.24 bits per heavy atom. The summed E-state index contributed by atoms with van der Waals surface area (Å²) in [5.74, 6) is -1.36. The molecule has 2 amide bonds. The van der Waals surface area contributed by atoms with Crippen LogP contribution in [0.5, 0.6) is 5.75 Å². The van der Waals surface area contributed by atoms with Crippen molar-refractivity contribution in [3.05, 3.63) is 70.0 Å². The molecule has 41 heavy (non-hydrogen) atoms. The third kappa shape index (κ3) is 6.12. The molecule has 216 valence electrons. The van der Waals surface area contributed by atoms with E-state index >= 15 is 0 Å². The summed E-state index contributed by atoms with van der Waals surface area (Å²) in [5.41, 5.74) is -0.159. The highest BCUT2D eigenvalue weighted by atomic mass is 35.5. The van der Waals surface area contributed by atoms with E-state index in [4.69, 9.17) is 16.3 Å². The Hall–Kier alpha value is -4.19. The summed E-state index contributed by atoms with van der Waals surface area (Å²) in [6, 6.07) is 11.7. The number of hydrogen-bond donors (Lipinski definition) is 1. The molecule has 1 aliphatic heterocycles. The predicted octanol–water partition coefficient (Wildman–Crippen LogP) is 5.58. The zero-order chi connectivity index (χ0) is 29.9. The fourth-order valence-electron chi connectivity index (χ4n) is 4.93. The van der Waals surface area contributed by atoms with Crippen LogP contribution in [-0.4, -0.2) is 65.7 Å². The molecule has 0 unspecified atom stereocenters. The molecule has 1 saturated heterocycles. The Morgan fingerprint density at radius 2 is 1.95 bits per heavy atom. The summed E-state index contributed by atoms with van der Waals surface area (Å²) in [4.78, 5) is 36.7. The molecular formula is C28H28ClF3N6O3. The van der Waals surface area contributed by atoms with Crippen molar-refractivity contribution in [3.8, 4) is 5.75 Å². The van der Waals surface area contributed by atoms with Gasteiger partial charge in [-0.25, -0.2) is 0 Å². The van der Waals surface area contributed by atoms with Gasteiger partial charge in [-0.2, -0.15) is 18.3 Å². The van der Waals surface area contributed by atoms with E-state index < -0.39 is 40.5 Å². The average molecular weight is 589 g/mol. The Labute approximate surface area is 239 Å². The van der Waals surface area contributed by atoms with Crippen molar-refractivity contribution < 1.29 is 27.5 Å². The summed E-state index contributed by atoms with van der Waals surface area (Å²) < 4.78 is 47.1. The Bertz CT molecular complexity index is 1490. The number of nitrogens with one attached hydrogen (secondary N) is 1. The molecule has 1 aromatic heterocycles. The lowest BCUT2D eigenvalue weighted by molar-refractivity contribution is -0.141.